The average molecular weight is 267 g/mol. The van der Waals surface area contributed by atoms with Gasteiger partial charge in [-0.05, 0) is 30.9 Å². The molecule has 0 saturated heterocycles. The molecule has 0 amide bonds. The molecule has 0 radical (unpaired) electrons. The van der Waals surface area contributed by atoms with E-state index in [1.807, 2.05) is 6.07 Å². The summed E-state index contributed by atoms with van der Waals surface area (Å²) in [6, 6.07) is 10.7. The van der Waals surface area contributed by atoms with Gasteiger partial charge in [-0.15, -0.1) is 0 Å². The highest BCUT2D eigenvalue weighted by Gasteiger charge is 2.22. The quantitative estimate of drug-likeness (QED) is 0.833. The topological polar surface area (TPSA) is 68.0 Å². The van der Waals surface area contributed by atoms with Gasteiger partial charge in [0, 0.05) is 0 Å². The molecule has 5 nitrogen and oxygen atoms in total. The van der Waals surface area contributed by atoms with Gasteiger partial charge < -0.3 is 9.47 Å². The van der Waals surface area contributed by atoms with Crippen molar-refractivity contribution < 1.29 is 9.47 Å². The van der Waals surface area contributed by atoms with Gasteiger partial charge in [0.25, 0.3) is 0 Å². The molecule has 1 aliphatic rings. The molecule has 100 valence electrons. The molecule has 2 aromatic rings. The molecular formula is C15H13N3O2. The SMILES string of the molecule is N#Cc1ccccc1Oc1cc(OCC2CC2)ncn1. The van der Waals surface area contributed by atoms with E-state index in [9.17, 15) is 0 Å². The number of ether oxygens (including phenoxy) is 2. The number of rotatable bonds is 5. The number of hydrogen-bond donors (Lipinski definition) is 0. The molecule has 1 fully saturated rings. The minimum atomic E-state index is 0.369. The fourth-order valence-electron chi connectivity index (χ4n) is 1.71. The molecule has 20 heavy (non-hydrogen) atoms. The predicted molar refractivity (Wildman–Crippen MR) is 71.5 cm³/mol. The van der Waals surface area contributed by atoms with Crippen molar-refractivity contribution >= 4 is 0 Å². The molecular weight excluding hydrogens is 254 g/mol. The Hall–Kier alpha value is -2.61. The first-order valence-corrected chi connectivity index (χ1v) is 6.47. The van der Waals surface area contributed by atoms with Gasteiger partial charge in [-0.25, -0.2) is 9.97 Å². The van der Waals surface area contributed by atoms with Crippen molar-refractivity contribution in [3.63, 3.8) is 0 Å². The van der Waals surface area contributed by atoms with Gasteiger partial charge in [-0.2, -0.15) is 5.26 Å². The summed E-state index contributed by atoms with van der Waals surface area (Å²) in [6.07, 6.45) is 3.85. The van der Waals surface area contributed by atoms with Gasteiger partial charge in [-0.1, -0.05) is 12.1 Å². The lowest BCUT2D eigenvalue weighted by Gasteiger charge is -2.08. The van der Waals surface area contributed by atoms with Crippen LogP contribution in [0.4, 0.5) is 0 Å². The van der Waals surface area contributed by atoms with Crippen molar-refractivity contribution in [2.75, 3.05) is 6.61 Å². The summed E-state index contributed by atoms with van der Waals surface area (Å²) in [5.74, 6) is 2.00. The van der Waals surface area contributed by atoms with E-state index in [2.05, 4.69) is 16.0 Å². The van der Waals surface area contributed by atoms with Crippen LogP contribution in [0.5, 0.6) is 17.5 Å². The van der Waals surface area contributed by atoms with Crippen LogP contribution in [0.15, 0.2) is 36.7 Å². The number of nitriles is 1. The summed E-state index contributed by atoms with van der Waals surface area (Å²) in [6.45, 7) is 0.686. The molecule has 1 saturated carbocycles. The molecule has 0 atom stereocenters. The Labute approximate surface area is 116 Å². The highest BCUT2D eigenvalue weighted by atomic mass is 16.5. The second-order valence-electron chi connectivity index (χ2n) is 4.66. The normalized spacial score (nSPS) is 13.6. The fraction of sp³-hybridized carbons (Fsp3) is 0.267. The Bertz CT molecular complexity index is 648. The standard InChI is InChI=1S/C15H13N3O2/c16-8-12-3-1-2-4-13(12)20-15-7-14(17-10-18-15)19-9-11-5-6-11/h1-4,7,10-11H,5-6,9H2. The molecule has 3 rings (SSSR count). The molecule has 1 heterocycles. The van der Waals surface area contributed by atoms with Crippen molar-refractivity contribution in [2.24, 2.45) is 5.92 Å². The van der Waals surface area contributed by atoms with Crippen LogP contribution < -0.4 is 9.47 Å². The minimum Gasteiger partial charge on any atom is -0.477 e. The van der Waals surface area contributed by atoms with Crippen LogP contribution in [0.3, 0.4) is 0 Å². The summed E-state index contributed by atoms with van der Waals surface area (Å²) in [4.78, 5) is 8.08. The summed E-state index contributed by atoms with van der Waals surface area (Å²) >= 11 is 0. The zero-order valence-corrected chi connectivity index (χ0v) is 10.8. The van der Waals surface area contributed by atoms with Gasteiger partial charge in [0.05, 0.1) is 18.2 Å². The van der Waals surface area contributed by atoms with E-state index >= 15 is 0 Å². The molecule has 0 unspecified atom stereocenters. The maximum atomic E-state index is 9.02. The zero-order valence-electron chi connectivity index (χ0n) is 10.8. The molecule has 1 aromatic heterocycles. The van der Waals surface area contributed by atoms with Crippen LogP contribution in [0.1, 0.15) is 18.4 Å². The number of aromatic nitrogens is 2. The number of benzene rings is 1. The van der Waals surface area contributed by atoms with Gasteiger partial charge in [0.2, 0.25) is 11.8 Å². The second-order valence-corrected chi connectivity index (χ2v) is 4.66. The Morgan fingerprint density at radius 1 is 1.20 bits per heavy atom. The third-order valence-corrected chi connectivity index (χ3v) is 3.00. The van der Waals surface area contributed by atoms with Crippen LogP contribution in [0.25, 0.3) is 0 Å². The van der Waals surface area contributed by atoms with Crippen LogP contribution in [-0.2, 0) is 0 Å². The van der Waals surface area contributed by atoms with E-state index in [4.69, 9.17) is 14.7 Å². The lowest BCUT2D eigenvalue weighted by Crippen LogP contribution is -2.01. The van der Waals surface area contributed by atoms with Gasteiger partial charge >= 0.3 is 0 Å². The average Bonchev–Trinajstić information content (AvgIpc) is 3.30. The van der Waals surface area contributed by atoms with Crippen molar-refractivity contribution in [1.82, 2.24) is 9.97 Å². The van der Waals surface area contributed by atoms with E-state index in [1.165, 1.54) is 19.2 Å². The second kappa shape index (κ2) is 5.57. The largest absolute Gasteiger partial charge is 0.477 e. The number of nitrogens with zero attached hydrogens (tertiary/aromatic N) is 3. The minimum absolute atomic E-state index is 0.369. The highest BCUT2D eigenvalue weighted by Crippen LogP contribution is 2.30. The smallest absolute Gasteiger partial charge is 0.226 e. The maximum absolute atomic E-state index is 9.02. The third-order valence-electron chi connectivity index (χ3n) is 3.00. The Balaban J connectivity index is 1.73. The third kappa shape index (κ3) is 3.04. The molecule has 0 spiro atoms. The summed E-state index contributed by atoms with van der Waals surface area (Å²) in [5, 5.41) is 9.02. The molecule has 0 N–H and O–H groups in total. The monoisotopic (exact) mass is 267 g/mol. The van der Waals surface area contributed by atoms with Crippen molar-refractivity contribution in [3.05, 3.63) is 42.2 Å². The Morgan fingerprint density at radius 2 is 2.00 bits per heavy atom. The number of hydrogen-bond acceptors (Lipinski definition) is 5. The first-order chi connectivity index (χ1) is 9.85. The van der Waals surface area contributed by atoms with E-state index < -0.39 is 0 Å². The van der Waals surface area contributed by atoms with Crippen LogP contribution in [0.2, 0.25) is 0 Å². The van der Waals surface area contributed by atoms with Crippen LogP contribution in [0, 0.1) is 17.2 Å². The molecule has 1 aliphatic carbocycles. The molecule has 1 aromatic carbocycles. The number of para-hydroxylation sites is 1. The summed E-state index contributed by atoms with van der Waals surface area (Å²) < 4.78 is 11.2. The first-order valence-electron chi connectivity index (χ1n) is 6.47. The van der Waals surface area contributed by atoms with Crippen LogP contribution in [-0.4, -0.2) is 16.6 Å². The van der Waals surface area contributed by atoms with E-state index in [0.717, 1.165) is 0 Å². The molecule has 5 heteroatoms. The Morgan fingerprint density at radius 3 is 2.80 bits per heavy atom. The van der Waals surface area contributed by atoms with Gasteiger partial charge in [0.1, 0.15) is 18.1 Å². The maximum Gasteiger partial charge on any atom is 0.226 e. The predicted octanol–water partition coefficient (Wildman–Crippen LogP) is 2.93. The zero-order chi connectivity index (χ0) is 13.8. The molecule has 0 aliphatic heterocycles. The Kier molecular flexibility index (Phi) is 3.46. The van der Waals surface area contributed by atoms with Crippen LogP contribution >= 0.6 is 0 Å². The van der Waals surface area contributed by atoms with Crippen molar-refractivity contribution in [2.45, 2.75) is 12.8 Å². The lowest BCUT2D eigenvalue weighted by atomic mass is 10.2. The highest BCUT2D eigenvalue weighted by molar-refractivity contribution is 5.44. The van der Waals surface area contributed by atoms with E-state index in [0.29, 0.717) is 35.6 Å². The summed E-state index contributed by atoms with van der Waals surface area (Å²) in [5.41, 5.74) is 0.464. The van der Waals surface area contributed by atoms with E-state index in [1.54, 1.807) is 24.3 Å². The lowest BCUT2D eigenvalue weighted by molar-refractivity contribution is 0.286. The van der Waals surface area contributed by atoms with Gasteiger partial charge in [-0.3, -0.25) is 0 Å². The summed E-state index contributed by atoms with van der Waals surface area (Å²) in [7, 11) is 0. The first kappa shape index (κ1) is 12.4. The fourth-order valence-corrected chi connectivity index (χ4v) is 1.71. The van der Waals surface area contributed by atoms with E-state index in [-0.39, 0.29) is 0 Å². The van der Waals surface area contributed by atoms with Crippen molar-refractivity contribution in [1.29, 1.82) is 5.26 Å². The van der Waals surface area contributed by atoms with Crippen molar-refractivity contribution in [3.8, 4) is 23.6 Å². The molecule has 0 bridgehead atoms. The van der Waals surface area contributed by atoms with Gasteiger partial charge in [0.15, 0.2) is 0 Å².